The number of aromatic nitrogens is 3. The predicted molar refractivity (Wildman–Crippen MR) is 107 cm³/mol. The van der Waals surface area contributed by atoms with E-state index in [-0.39, 0.29) is 11.9 Å². The second-order valence-electron chi connectivity index (χ2n) is 8.38. The quantitative estimate of drug-likeness (QED) is 0.632. The molecule has 7 nitrogen and oxygen atoms in total. The predicted octanol–water partition coefficient (Wildman–Crippen LogP) is 2.60. The van der Waals surface area contributed by atoms with E-state index in [1.165, 1.54) is 6.33 Å². The fourth-order valence-corrected chi connectivity index (χ4v) is 4.93. The molecular formula is C23H20N4O3. The summed E-state index contributed by atoms with van der Waals surface area (Å²) in [6, 6.07) is 15.5. The Bertz CT molecular complexity index is 1150. The third-order valence-electron chi connectivity index (χ3n) is 6.71. The van der Waals surface area contributed by atoms with E-state index >= 15 is 0 Å². The average molecular weight is 400 g/mol. The van der Waals surface area contributed by atoms with Gasteiger partial charge in [0.2, 0.25) is 5.91 Å². The Morgan fingerprint density at radius 1 is 1.03 bits per heavy atom. The molecule has 0 N–H and O–H groups in total. The molecule has 6 rings (SSSR count). The number of carbonyl (C=O) groups is 2. The zero-order chi connectivity index (χ0) is 20.3. The molecule has 1 saturated heterocycles. The Morgan fingerprint density at radius 3 is 2.57 bits per heavy atom. The molecule has 1 aromatic heterocycles. The first-order valence-corrected chi connectivity index (χ1v) is 10.2. The maximum Gasteiger partial charge on any atom is 0.339 e. The summed E-state index contributed by atoms with van der Waals surface area (Å²) in [5, 5.41) is 4.15. The normalized spacial score (nSPS) is 23.5. The molecule has 1 saturated carbocycles. The van der Waals surface area contributed by atoms with Gasteiger partial charge in [0.1, 0.15) is 12.7 Å². The Labute approximate surface area is 173 Å². The minimum absolute atomic E-state index is 0.133. The van der Waals surface area contributed by atoms with Gasteiger partial charge in [-0.05, 0) is 36.6 Å². The van der Waals surface area contributed by atoms with Crippen molar-refractivity contribution in [1.29, 1.82) is 0 Å². The molecule has 1 atom stereocenters. The van der Waals surface area contributed by atoms with E-state index in [1.807, 2.05) is 47.4 Å². The van der Waals surface area contributed by atoms with Crippen molar-refractivity contribution >= 4 is 11.9 Å². The van der Waals surface area contributed by atoms with Gasteiger partial charge in [0.15, 0.2) is 5.60 Å². The first kappa shape index (κ1) is 17.4. The van der Waals surface area contributed by atoms with E-state index in [9.17, 15) is 9.59 Å². The van der Waals surface area contributed by atoms with Crippen LogP contribution in [0.3, 0.4) is 0 Å². The lowest BCUT2D eigenvalue weighted by molar-refractivity contribution is -0.134. The summed E-state index contributed by atoms with van der Waals surface area (Å²) >= 11 is 0. The minimum atomic E-state index is -0.698. The van der Waals surface area contributed by atoms with Gasteiger partial charge in [-0.3, -0.25) is 4.79 Å². The molecule has 150 valence electrons. The van der Waals surface area contributed by atoms with Crippen molar-refractivity contribution in [3.05, 3.63) is 77.9 Å². The van der Waals surface area contributed by atoms with Crippen LogP contribution in [0, 0.1) is 0 Å². The van der Waals surface area contributed by atoms with Crippen LogP contribution in [-0.2, 0) is 20.5 Å². The molecule has 2 aliphatic heterocycles. The molecule has 0 radical (unpaired) electrons. The zero-order valence-electron chi connectivity index (χ0n) is 16.3. The molecule has 3 heterocycles. The van der Waals surface area contributed by atoms with Crippen LogP contribution in [0.4, 0.5) is 0 Å². The molecule has 1 unspecified atom stereocenters. The molecule has 3 aliphatic rings. The lowest BCUT2D eigenvalue weighted by Gasteiger charge is -2.27. The number of carbonyl (C=O) groups excluding carboxylic acids is 2. The standard InChI is InChI=1S/C23H20N4O3/c28-20-18-3-1-2-4-19(18)23(30-20)11-12-26(13-23)21(29)22(9-10-22)16-5-7-17(8-6-16)27-15-24-14-25-27/h1-8,14-15H,9-13H2. The van der Waals surface area contributed by atoms with Crippen LogP contribution in [0.15, 0.2) is 61.2 Å². The summed E-state index contributed by atoms with van der Waals surface area (Å²) in [4.78, 5) is 31.7. The second kappa shape index (κ2) is 6.01. The van der Waals surface area contributed by atoms with Crippen molar-refractivity contribution in [2.45, 2.75) is 30.3 Å². The molecular weight excluding hydrogens is 380 g/mol. The van der Waals surface area contributed by atoms with Gasteiger partial charge < -0.3 is 9.64 Å². The SMILES string of the molecule is O=C1OC2(CCN(C(=O)C3(c4ccc(-n5cncn5)cc4)CC3)C2)c2ccccc21. The van der Waals surface area contributed by atoms with Gasteiger partial charge in [-0.1, -0.05) is 30.3 Å². The van der Waals surface area contributed by atoms with E-state index in [1.54, 1.807) is 17.1 Å². The number of fused-ring (bicyclic) bond motifs is 2. The van der Waals surface area contributed by atoms with Gasteiger partial charge in [0.25, 0.3) is 0 Å². The fraction of sp³-hybridized carbons (Fsp3) is 0.304. The lowest BCUT2D eigenvalue weighted by Crippen LogP contribution is -2.40. The van der Waals surface area contributed by atoms with Crippen molar-refractivity contribution in [3.63, 3.8) is 0 Å². The smallest absolute Gasteiger partial charge is 0.339 e. The lowest BCUT2D eigenvalue weighted by atomic mass is 9.91. The van der Waals surface area contributed by atoms with Crippen molar-refractivity contribution in [2.24, 2.45) is 0 Å². The number of likely N-dealkylation sites (tertiary alicyclic amines) is 1. The van der Waals surface area contributed by atoms with Crippen LogP contribution >= 0.6 is 0 Å². The number of amides is 1. The molecule has 1 spiro atoms. The van der Waals surface area contributed by atoms with E-state index in [4.69, 9.17) is 4.74 Å². The van der Waals surface area contributed by atoms with Crippen LogP contribution in [0.1, 0.15) is 40.7 Å². The first-order valence-electron chi connectivity index (χ1n) is 10.2. The molecule has 30 heavy (non-hydrogen) atoms. The Hall–Kier alpha value is -3.48. The van der Waals surface area contributed by atoms with Gasteiger partial charge >= 0.3 is 5.97 Å². The third-order valence-corrected chi connectivity index (χ3v) is 6.71. The molecule has 2 aromatic carbocycles. The van der Waals surface area contributed by atoms with E-state index < -0.39 is 11.0 Å². The molecule has 1 aliphatic carbocycles. The summed E-state index contributed by atoms with van der Waals surface area (Å²) in [7, 11) is 0. The maximum absolute atomic E-state index is 13.5. The summed E-state index contributed by atoms with van der Waals surface area (Å²) < 4.78 is 7.50. The van der Waals surface area contributed by atoms with E-state index in [0.29, 0.717) is 25.1 Å². The highest BCUT2D eigenvalue weighted by molar-refractivity contribution is 5.96. The number of nitrogens with zero attached hydrogens (tertiary/aromatic N) is 4. The first-order chi connectivity index (χ1) is 14.6. The number of rotatable bonds is 3. The highest BCUT2D eigenvalue weighted by atomic mass is 16.6. The number of esters is 1. The van der Waals surface area contributed by atoms with Crippen LogP contribution in [0.2, 0.25) is 0 Å². The number of hydrogen-bond donors (Lipinski definition) is 0. The Kier molecular flexibility index (Phi) is 3.48. The summed E-state index contributed by atoms with van der Waals surface area (Å²) in [5.74, 6) is -0.155. The van der Waals surface area contributed by atoms with Crippen molar-refractivity contribution in [3.8, 4) is 5.69 Å². The minimum Gasteiger partial charge on any atom is -0.449 e. The van der Waals surface area contributed by atoms with Gasteiger partial charge in [-0.25, -0.2) is 14.5 Å². The highest BCUT2D eigenvalue weighted by Crippen LogP contribution is 2.52. The van der Waals surface area contributed by atoms with Crippen LogP contribution in [-0.4, -0.2) is 44.6 Å². The Morgan fingerprint density at radius 2 is 1.83 bits per heavy atom. The molecule has 2 fully saturated rings. The van der Waals surface area contributed by atoms with Crippen molar-refractivity contribution in [2.75, 3.05) is 13.1 Å². The third kappa shape index (κ3) is 2.38. The van der Waals surface area contributed by atoms with Gasteiger partial charge in [-0.2, -0.15) is 5.10 Å². The monoisotopic (exact) mass is 400 g/mol. The molecule has 3 aromatic rings. The summed E-state index contributed by atoms with van der Waals surface area (Å²) in [5.41, 5.74) is 2.31. The topological polar surface area (TPSA) is 77.3 Å². The Balaban J connectivity index is 1.25. The molecule has 0 bridgehead atoms. The summed E-state index contributed by atoms with van der Waals surface area (Å²) in [6.07, 6.45) is 5.47. The zero-order valence-corrected chi connectivity index (χ0v) is 16.3. The molecule has 7 heteroatoms. The number of hydrogen-bond acceptors (Lipinski definition) is 5. The van der Waals surface area contributed by atoms with Crippen LogP contribution in [0.25, 0.3) is 5.69 Å². The van der Waals surface area contributed by atoms with Crippen LogP contribution < -0.4 is 0 Å². The van der Waals surface area contributed by atoms with Crippen LogP contribution in [0.5, 0.6) is 0 Å². The largest absolute Gasteiger partial charge is 0.449 e. The van der Waals surface area contributed by atoms with E-state index in [2.05, 4.69) is 10.1 Å². The second-order valence-corrected chi connectivity index (χ2v) is 8.38. The number of benzene rings is 2. The molecule has 1 amide bonds. The summed E-state index contributed by atoms with van der Waals surface area (Å²) in [6.45, 7) is 1.02. The average Bonchev–Trinajstić information content (AvgIpc) is 3.13. The maximum atomic E-state index is 13.5. The van der Waals surface area contributed by atoms with Crippen molar-refractivity contribution in [1.82, 2.24) is 19.7 Å². The van der Waals surface area contributed by atoms with E-state index in [0.717, 1.165) is 29.7 Å². The highest BCUT2D eigenvalue weighted by Gasteiger charge is 2.57. The number of ether oxygens (including phenoxy) is 1. The fourth-order valence-electron chi connectivity index (χ4n) is 4.93. The van der Waals surface area contributed by atoms with Gasteiger partial charge in [0.05, 0.1) is 23.2 Å². The van der Waals surface area contributed by atoms with Gasteiger partial charge in [0, 0.05) is 18.5 Å². The van der Waals surface area contributed by atoms with Crippen molar-refractivity contribution < 1.29 is 14.3 Å². The van der Waals surface area contributed by atoms with Gasteiger partial charge in [-0.15, -0.1) is 0 Å².